The number of hydrogen-bond acceptors (Lipinski definition) is 4. The molecule has 1 aliphatic rings. The van der Waals surface area contributed by atoms with E-state index in [2.05, 4.69) is 28.4 Å². The SMILES string of the molecule is Cc1cc(C(=O)NC[C@@H]2CCCN(C)[C@H]2c2ccnn2C)co1. The highest BCUT2D eigenvalue weighted by Crippen LogP contribution is 2.34. The topological polar surface area (TPSA) is 63.3 Å². The molecule has 2 atom stereocenters. The summed E-state index contributed by atoms with van der Waals surface area (Å²) in [5.74, 6) is 1.06. The zero-order valence-electron chi connectivity index (χ0n) is 14.0. The maximum atomic E-state index is 12.2. The van der Waals surface area contributed by atoms with Crippen molar-refractivity contribution >= 4 is 5.91 Å². The predicted octanol–water partition coefficient (Wildman–Crippen LogP) is 2.13. The number of piperidine rings is 1. The zero-order chi connectivity index (χ0) is 16.4. The van der Waals surface area contributed by atoms with Crippen LogP contribution < -0.4 is 5.32 Å². The highest BCUT2D eigenvalue weighted by molar-refractivity contribution is 5.93. The van der Waals surface area contributed by atoms with Crippen LogP contribution in [0.25, 0.3) is 0 Å². The molecule has 2 aromatic rings. The molecule has 0 radical (unpaired) electrons. The summed E-state index contributed by atoms with van der Waals surface area (Å²) >= 11 is 0. The molecule has 23 heavy (non-hydrogen) atoms. The number of carbonyl (C=O) groups is 1. The Morgan fingerprint density at radius 3 is 2.96 bits per heavy atom. The first-order valence-corrected chi connectivity index (χ1v) is 8.07. The Labute approximate surface area is 136 Å². The molecule has 6 heteroatoms. The molecule has 124 valence electrons. The number of hydrogen-bond donors (Lipinski definition) is 1. The second-order valence-electron chi connectivity index (χ2n) is 6.36. The van der Waals surface area contributed by atoms with Gasteiger partial charge in [-0.3, -0.25) is 14.4 Å². The van der Waals surface area contributed by atoms with E-state index >= 15 is 0 Å². The van der Waals surface area contributed by atoms with Crippen LogP contribution in [0.4, 0.5) is 0 Å². The summed E-state index contributed by atoms with van der Waals surface area (Å²) in [6.45, 7) is 3.57. The number of likely N-dealkylation sites (tertiary alicyclic amines) is 1. The second kappa shape index (κ2) is 6.58. The summed E-state index contributed by atoms with van der Waals surface area (Å²) in [5.41, 5.74) is 1.79. The Balaban J connectivity index is 1.69. The predicted molar refractivity (Wildman–Crippen MR) is 87.1 cm³/mol. The van der Waals surface area contributed by atoms with Gasteiger partial charge in [0, 0.05) is 19.8 Å². The van der Waals surface area contributed by atoms with Gasteiger partial charge in [0.25, 0.3) is 5.91 Å². The van der Waals surface area contributed by atoms with Crippen LogP contribution in [0.3, 0.4) is 0 Å². The number of furan rings is 1. The van der Waals surface area contributed by atoms with Crippen LogP contribution in [0.2, 0.25) is 0 Å². The molecule has 0 bridgehead atoms. The molecule has 3 heterocycles. The maximum Gasteiger partial charge on any atom is 0.254 e. The lowest BCUT2D eigenvalue weighted by Gasteiger charge is -2.39. The minimum Gasteiger partial charge on any atom is -0.469 e. The molecule has 0 unspecified atom stereocenters. The summed E-state index contributed by atoms with van der Waals surface area (Å²) in [6.07, 6.45) is 5.60. The third-order valence-corrected chi connectivity index (χ3v) is 4.69. The van der Waals surface area contributed by atoms with Crippen LogP contribution in [0.5, 0.6) is 0 Å². The summed E-state index contributed by atoms with van der Waals surface area (Å²) in [6, 6.07) is 4.12. The van der Waals surface area contributed by atoms with Crippen molar-refractivity contribution in [2.45, 2.75) is 25.8 Å². The number of carbonyl (C=O) groups excluding carboxylic acids is 1. The van der Waals surface area contributed by atoms with Crippen molar-refractivity contribution in [3.05, 3.63) is 41.6 Å². The molecule has 0 spiro atoms. The average molecular weight is 316 g/mol. The van der Waals surface area contributed by atoms with E-state index in [9.17, 15) is 4.79 Å². The van der Waals surface area contributed by atoms with E-state index in [0.29, 0.717) is 18.0 Å². The molecule has 0 aliphatic carbocycles. The van der Waals surface area contributed by atoms with E-state index < -0.39 is 0 Å². The number of nitrogens with one attached hydrogen (secondary N) is 1. The second-order valence-corrected chi connectivity index (χ2v) is 6.36. The average Bonchev–Trinajstić information content (AvgIpc) is 3.13. The Morgan fingerprint density at radius 2 is 2.30 bits per heavy atom. The molecule has 1 amide bonds. The standard InChI is InChI=1S/C17H24N4O2/c1-12-9-14(11-23-12)17(22)18-10-13-5-4-8-20(2)16(13)15-6-7-19-21(15)3/h6-7,9,11,13,16H,4-5,8,10H2,1-3H3,(H,18,22)/t13-,16+/m0/s1. The Kier molecular flexibility index (Phi) is 4.52. The highest BCUT2D eigenvalue weighted by Gasteiger charge is 2.32. The molecule has 1 saturated heterocycles. The number of aromatic nitrogens is 2. The minimum atomic E-state index is -0.0705. The van der Waals surface area contributed by atoms with E-state index in [-0.39, 0.29) is 11.9 Å². The maximum absolute atomic E-state index is 12.2. The van der Waals surface area contributed by atoms with Crippen molar-refractivity contribution < 1.29 is 9.21 Å². The largest absolute Gasteiger partial charge is 0.469 e. The molecule has 3 rings (SSSR count). The molecular weight excluding hydrogens is 292 g/mol. The van der Waals surface area contributed by atoms with Crippen LogP contribution in [-0.2, 0) is 7.05 Å². The smallest absolute Gasteiger partial charge is 0.254 e. The normalized spacial score (nSPS) is 22.2. The fourth-order valence-electron chi connectivity index (χ4n) is 3.50. The van der Waals surface area contributed by atoms with Crippen molar-refractivity contribution in [1.29, 1.82) is 0 Å². The minimum absolute atomic E-state index is 0.0705. The lowest BCUT2D eigenvalue weighted by molar-refractivity contribution is 0.0879. The van der Waals surface area contributed by atoms with Gasteiger partial charge in [-0.05, 0) is 51.4 Å². The van der Waals surface area contributed by atoms with Gasteiger partial charge in [-0.15, -0.1) is 0 Å². The molecule has 1 fully saturated rings. The van der Waals surface area contributed by atoms with E-state index in [1.54, 1.807) is 6.07 Å². The van der Waals surface area contributed by atoms with Crippen molar-refractivity contribution in [3.8, 4) is 0 Å². The van der Waals surface area contributed by atoms with Gasteiger partial charge >= 0.3 is 0 Å². The van der Waals surface area contributed by atoms with Gasteiger partial charge in [0.05, 0.1) is 17.3 Å². The summed E-state index contributed by atoms with van der Waals surface area (Å²) in [7, 11) is 4.12. The lowest BCUT2D eigenvalue weighted by atomic mass is 9.87. The Morgan fingerprint density at radius 1 is 1.48 bits per heavy atom. The summed E-state index contributed by atoms with van der Waals surface area (Å²) in [5, 5.41) is 7.36. The molecule has 1 N–H and O–H groups in total. The Bertz CT molecular complexity index is 676. The fourth-order valence-corrected chi connectivity index (χ4v) is 3.50. The first kappa shape index (κ1) is 15.8. The van der Waals surface area contributed by atoms with Gasteiger partial charge in [-0.25, -0.2) is 0 Å². The zero-order valence-corrected chi connectivity index (χ0v) is 14.0. The number of amides is 1. The molecule has 0 saturated carbocycles. The molecule has 2 aromatic heterocycles. The van der Waals surface area contributed by atoms with Gasteiger partial charge in [0.1, 0.15) is 12.0 Å². The van der Waals surface area contributed by atoms with Crippen molar-refractivity contribution in [1.82, 2.24) is 20.0 Å². The number of rotatable bonds is 4. The third-order valence-electron chi connectivity index (χ3n) is 4.69. The van der Waals surface area contributed by atoms with Crippen LogP contribution in [0, 0.1) is 12.8 Å². The first-order valence-electron chi connectivity index (χ1n) is 8.07. The third kappa shape index (κ3) is 3.32. The van der Waals surface area contributed by atoms with Crippen molar-refractivity contribution in [2.75, 3.05) is 20.1 Å². The first-order chi connectivity index (χ1) is 11.1. The van der Waals surface area contributed by atoms with E-state index in [1.807, 2.05) is 24.9 Å². The van der Waals surface area contributed by atoms with E-state index in [0.717, 1.165) is 25.1 Å². The van der Waals surface area contributed by atoms with E-state index in [4.69, 9.17) is 4.42 Å². The van der Waals surface area contributed by atoms with Gasteiger partial charge in [0.15, 0.2) is 0 Å². The molecule has 6 nitrogen and oxygen atoms in total. The van der Waals surface area contributed by atoms with Gasteiger partial charge < -0.3 is 9.73 Å². The number of nitrogens with zero attached hydrogens (tertiary/aromatic N) is 3. The summed E-state index contributed by atoms with van der Waals surface area (Å²) in [4.78, 5) is 14.6. The van der Waals surface area contributed by atoms with Gasteiger partial charge in [-0.1, -0.05) is 0 Å². The molecule has 0 aromatic carbocycles. The number of aryl methyl sites for hydroxylation is 2. The lowest BCUT2D eigenvalue weighted by Crippen LogP contribution is -2.42. The van der Waals surface area contributed by atoms with Crippen LogP contribution in [-0.4, -0.2) is 40.7 Å². The molecule has 1 aliphatic heterocycles. The monoisotopic (exact) mass is 316 g/mol. The fraction of sp³-hybridized carbons (Fsp3) is 0.529. The quantitative estimate of drug-likeness (QED) is 0.938. The van der Waals surface area contributed by atoms with Crippen LogP contribution in [0.15, 0.2) is 29.0 Å². The van der Waals surface area contributed by atoms with Crippen molar-refractivity contribution in [3.63, 3.8) is 0 Å². The summed E-state index contributed by atoms with van der Waals surface area (Å²) < 4.78 is 7.14. The van der Waals surface area contributed by atoms with Gasteiger partial charge in [-0.2, -0.15) is 5.10 Å². The highest BCUT2D eigenvalue weighted by atomic mass is 16.3. The van der Waals surface area contributed by atoms with Gasteiger partial charge in [0.2, 0.25) is 0 Å². The Hall–Kier alpha value is -2.08. The van der Waals surface area contributed by atoms with Crippen molar-refractivity contribution in [2.24, 2.45) is 13.0 Å². The van der Waals surface area contributed by atoms with E-state index in [1.165, 1.54) is 12.0 Å². The van der Waals surface area contributed by atoms with Crippen LogP contribution >= 0.6 is 0 Å². The van der Waals surface area contributed by atoms with Crippen LogP contribution in [0.1, 0.15) is 40.7 Å². The molecular formula is C17H24N4O2.